The average molecular weight is 609 g/mol. The fourth-order valence-corrected chi connectivity index (χ4v) is 0. The Kier molecular flexibility index (Phi) is 115. The van der Waals surface area contributed by atoms with Crippen molar-refractivity contribution in [3.63, 3.8) is 0 Å². The molecule has 0 N–H and O–H groups in total. The fraction of sp³-hybridized carbons (Fsp3) is 0. The van der Waals surface area contributed by atoms with Gasteiger partial charge in [0.05, 0.1) is 0 Å². The summed E-state index contributed by atoms with van der Waals surface area (Å²) in [6.07, 6.45) is 0. The molecule has 33 valence electrons. The first-order chi connectivity index (χ1) is 0. The van der Waals surface area contributed by atoms with Crippen LogP contribution in [0.5, 0.6) is 0 Å². The van der Waals surface area contributed by atoms with Crippen molar-refractivity contribution in [1.29, 1.82) is 0 Å². The van der Waals surface area contributed by atoms with E-state index >= 15 is 0 Å². The summed E-state index contributed by atoms with van der Waals surface area (Å²) >= 11 is 0. The van der Waals surface area contributed by atoms with Crippen molar-refractivity contribution < 1.29 is 22.4 Å². The van der Waals surface area contributed by atoms with Crippen LogP contribution in [0.25, 0.3) is 0 Å². The SMILES string of the molecule is [AsH3].[Au].[PbH2].[SbH3]. The number of hydrogen-bond donors (Lipinski definition) is 0. The molecule has 4 heavy (non-hydrogen) atoms. The molecule has 1 unspecified atom stereocenters. The molecule has 1 atom stereocenters. The molecule has 0 spiro atoms. The van der Waals surface area contributed by atoms with Gasteiger partial charge in [-0.3, -0.25) is 0 Å². The summed E-state index contributed by atoms with van der Waals surface area (Å²) < 4.78 is 0. The van der Waals surface area contributed by atoms with E-state index in [2.05, 4.69) is 0 Å². The van der Waals surface area contributed by atoms with Crippen LogP contribution in [0.1, 0.15) is 0 Å². The molecule has 0 aromatic heterocycles. The number of hydrogen-bond acceptors (Lipinski definition) is 0. The zero-order valence-corrected chi connectivity index (χ0v) is 17.1. The van der Waals surface area contributed by atoms with E-state index in [-0.39, 0.29) is 92.1 Å². The Labute approximate surface area is 90.3 Å². The third-order valence-electron chi connectivity index (χ3n) is 0. The van der Waals surface area contributed by atoms with Crippen LogP contribution in [-0.4, -0.2) is 69.7 Å². The van der Waals surface area contributed by atoms with Crippen molar-refractivity contribution in [1.82, 2.24) is 0 Å². The Morgan fingerprint density at radius 2 is 1.00 bits per heavy atom. The molecule has 0 aliphatic rings. The summed E-state index contributed by atoms with van der Waals surface area (Å²) in [6.45, 7) is 0. The molecule has 0 rings (SSSR count). The zero-order valence-electron chi connectivity index (χ0n) is 2.42. The molecule has 0 fully saturated rings. The van der Waals surface area contributed by atoms with E-state index in [4.69, 9.17) is 0 Å². The van der Waals surface area contributed by atoms with E-state index in [1.807, 2.05) is 0 Å². The van der Waals surface area contributed by atoms with E-state index in [1.54, 1.807) is 0 Å². The van der Waals surface area contributed by atoms with Crippen molar-refractivity contribution in [3.05, 3.63) is 0 Å². The van der Waals surface area contributed by atoms with E-state index in [1.165, 1.54) is 0 Å². The molecule has 4 heteroatoms. The molecule has 0 aliphatic carbocycles. The quantitative estimate of drug-likeness (QED) is 0.253. The Morgan fingerprint density at radius 1 is 1.00 bits per heavy atom. The van der Waals surface area contributed by atoms with Gasteiger partial charge in [-0.05, 0) is 0 Å². The van der Waals surface area contributed by atoms with Gasteiger partial charge in [-0.1, -0.05) is 0 Å². The molecule has 0 heterocycles. The first-order valence-electron chi connectivity index (χ1n) is 0. The van der Waals surface area contributed by atoms with Gasteiger partial charge in [-0.15, -0.1) is 0 Å². The third kappa shape index (κ3) is 8.90. The van der Waals surface area contributed by atoms with E-state index in [0.29, 0.717) is 0 Å². The van der Waals surface area contributed by atoms with Gasteiger partial charge in [0.15, 0.2) is 0 Å². The van der Waals surface area contributed by atoms with Gasteiger partial charge in [0.1, 0.15) is 0 Å². The molecule has 0 aliphatic heterocycles. The van der Waals surface area contributed by atoms with Gasteiger partial charge in [-0.2, -0.15) is 0 Å². The zero-order chi connectivity index (χ0) is 0. The standard InChI is InChI=1S/AsH3.Au.Pb.Sb.5H/h1H3;;;;;;;;. The van der Waals surface area contributed by atoms with Gasteiger partial charge >= 0.3 is 69.7 Å². The van der Waals surface area contributed by atoms with Crippen LogP contribution in [0.4, 0.5) is 0 Å². The van der Waals surface area contributed by atoms with Crippen LogP contribution >= 0.6 is 0 Å². The Morgan fingerprint density at radius 3 is 1.00 bits per heavy atom. The molecule has 0 amide bonds. The maximum absolute atomic E-state index is 0. The van der Waals surface area contributed by atoms with Crippen molar-refractivity contribution in [3.8, 4) is 0 Å². The average Bonchev–Trinajstić information content (AvgIpc) is 0. The first kappa shape index (κ1) is 27.8. The van der Waals surface area contributed by atoms with Gasteiger partial charge in [-0.25, -0.2) is 0 Å². The molecule has 0 aromatic carbocycles. The van der Waals surface area contributed by atoms with Crippen LogP contribution in [0.15, 0.2) is 0 Å². The second-order valence-corrected chi connectivity index (χ2v) is 0. The minimum atomic E-state index is 0. The molecular weight excluding hydrogens is 601 g/mol. The van der Waals surface area contributed by atoms with Gasteiger partial charge < -0.3 is 0 Å². The first-order valence-corrected chi connectivity index (χ1v) is 0. The summed E-state index contributed by atoms with van der Waals surface area (Å²) in [5.74, 6) is 0. The van der Waals surface area contributed by atoms with Crippen LogP contribution < -0.4 is 0 Å². The molecule has 0 aromatic rings. The summed E-state index contributed by atoms with van der Waals surface area (Å²) in [5.41, 5.74) is 0. The summed E-state index contributed by atoms with van der Waals surface area (Å²) in [5, 5.41) is 0. The van der Waals surface area contributed by atoms with Crippen molar-refractivity contribution in [2.45, 2.75) is 0 Å². The number of rotatable bonds is 0. The predicted molar refractivity (Wildman–Crippen MR) is 28.4 cm³/mol. The molecular formula is H8AsAuPbSb. The van der Waals surface area contributed by atoms with Crippen LogP contribution in [-0.2, 0) is 22.4 Å². The molecule has 0 bridgehead atoms. The second kappa shape index (κ2) is 16.6. The predicted octanol–water partition coefficient (Wildman–Crippen LogP) is -3.29. The maximum atomic E-state index is 0. The van der Waals surface area contributed by atoms with Crippen LogP contribution in [0.2, 0.25) is 0 Å². The Balaban J connectivity index is 0. The second-order valence-electron chi connectivity index (χ2n) is 0. The van der Waals surface area contributed by atoms with Gasteiger partial charge in [0.2, 0.25) is 0 Å². The van der Waals surface area contributed by atoms with E-state index < -0.39 is 0 Å². The van der Waals surface area contributed by atoms with Crippen LogP contribution in [0, 0.1) is 0 Å². The molecule has 0 nitrogen and oxygen atoms in total. The van der Waals surface area contributed by atoms with Crippen molar-refractivity contribution in [2.24, 2.45) is 0 Å². The van der Waals surface area contributed by atoms with Crippen molar-refractivity contribution >= 4 is 69.7 Å². The molecule has 0 saturated heterocycles. The third-order valence-corrected chi connectivity index (χ3v) is 0. The van der Waals surface area contributed by atoms with E-state index in [0.717, 1.165) is 0 Å². The summed E-state index contributed by atoms with van der Waals surface area (Å²) in [6, 6.07) is 0. The topological polar surface area (TPSA) is 0 Å². The minimum absolute atomic E-state index is 0. The monoisotopic (exact) mass is 609 g/mol. The summed E-state index contributed by atoms with van der Waals surface area (Å²) in [4.78, 5) is 0. The summed E-state index contributed by atoms with van der Waals surface area (Å²) in [7, 11) is 0. The fourth-order valence-electron chi connectivity index (χ4n) is 0. The van der Waals surface area contributed by atoms with Crippen LogP contribution in [0.3, 0.4) is 0 Å². The van der Waals surface area contributed by atoms with Gasteiger partial charge in [0, 0.05) is 22.4 Å². The normalized spacial score (nSPS) is 0. The van der Waals surface area contributed by atoms with E-state index in [9.17, 15) is 0 Å². The Bertz CT molecular complexity index is 8.00. The van der Waals surface area contributed by atoms with Crippen molar-refractivity contribution in [2.75, 3.05) is 0 Å². The van der Waals surface area contributed by atoms with Gasteiger partial charge in [0.25, 0.3) is 0 Å². The Hall–Kier alpha value is 3.04. The molecule has 0 saturated carbocycles. The molecule has 3 radical (unpaired) electrons.